The Morgan fingerprint density at radius 3 is 2.63 bits per heavy atom. The molecule has 0 bridgehead atoms. The summed E-state index contributed by atoms with van der Waals surface area (Å²) in [5.41, 5.74) is 1.02. The normalized spacial score (nSPS) is 18.1. The number of amides is 1. The summed E-state index contributed by atoms with van der Waals surface area (Å²) in [7, 11) is 0. The van der Waals surface area contributed by atoms with Gasteiger partial charge in [0, 0.05) is 24.2 Å². The van der Waals surface area contributed by atoms with Gasteiger partial charge in [0.2, 0.25) is 5.89 Å². The van der Waals surface area contributed by atoms with Crippen molar-refractivity contribution in [2.75, 3.05) is 13.2 Å². The van der Waals surface area contributed by atoms with Crippen molar-refractivity contribution in [3.05, 3.63) is 35.7 Å². The lowest BCUT2D eigenvalue weighted by Gasteiger charge is -2.08. The second kappa shape index (κ2) is 9.79. The molecule has 2 heterocycles. The van der Waals surface area contributed by atoms with Crippen molar-refractivity contribution in [1.82, 2.24) is 20.8 Å². The number of rotatable bonds is 4. The number of nitrogens with one attached hydrogen (secondary N) is 2. The number of carboxylic acid groups (broad SMARTS) is 1. The summed E-state index contributed by atoms with van der Waals surface area (Å²) < 4.78 is 49.6. The van der Waals surface area contributed by atoms with Crippen molar-refractivity contribution >= 4 is 11.9 Å². The van der Waals surface area contributed by atoms with Crippen LogP contribution >= 0.6 is 0 Å². The molecule has 30 heavy (non-hydrogen) atoms. The smallest absolute Gasteiger partial charge is 0.475 e. The standard InChI is InChI=1S/C15H14FN5O2.C2HF3O2/c16-6-11-5-12(8-18-11)19-13(22)15-21-20-14(23-15)10-3-1-2-9(4-10)7-17;3-2(4,5)1(6)7/h1-4,11-12,18H,5-6,8H2,(H,19,22);(H,6,7)/t11-,12+;/m0./s1. The molecule has 9 nitrogen and oxygen atoms in total. The Hall–Kier alpha value is -3.53. The second-order valence-corrected chi connectivity index (χ2v) is 6.07. The van der Waals surface area contributed by atoms with E-state index in [0.717, 1.165) is 0 Å². The van der Waals surface area contributed by atoms with Gasteiger partial charge in [0.25, 0.3) is 0 Å². The number of nitrogens with zero attached hydrogens (tertiary/aromatic N) is 3. The molecule has 1 aromatic heterocycles. The fourth-order valence-electron chi connectivity index (χ4n) is 2.45. The highest BCUT2D eigenvalue weighted by molar-refractivity contribution is 5.90. The van der Waals surface area contributed by atoms with Crippen molar-refractivity contribution in [2.45, 2.75) is 24.7 Å². The predicted molar refractivity (Wildman–Crippen MR) is 91.8 cm³/mol. The largest absolute Gasteiger partial charge is 0.490 e. The highest BCUT2D eigenvalue weighted by atomic mass is 19.4. The average molecular weight is 429 g/mol. The lowest BCUT2D eigenvalue weighted by atomic mass is 10.1. The minimum absolute atomic E-state index is 0.161. The van der Waals surface area contributed by atoms with Gasteiger partial charge in [0.05, 0.1) is 11.6 Å². The average Bonchev–Trinajstić information content (AvgIpc) is 3.37. The van der Waals surface area contributed by atoms with Crippen LogP contribution in [0.3, 0.4) is 0 Å². The van der Waals surface area contributed by atoms with E-state index in [-0.39, 0.29) is 23.9 Å². The topological polar surface area (TPSA) is 141 Å². The van der Waals surface area contributed by atoms with Crippen molar-refractivity contribution < 1.29 is 36.7 Å². The van der Waals surface area contributed by atoms with Crippen molar-refractivity contribution in [1.29, 1.82) is 5.26 Å². The summed E-state index contributed by atoms with van der Waals surface area (Å²) in [5.74, 6) is -3.25. The molecular formula is C17H15F4N5O4. The summed E-state index contributed by atoms with van der Waals surface area (Å²) in [6, 6.07) is 8.28. The molecular weight excluding hydrogens is 414 g/mol. The van der Waals surface area contributed by atoms with E-state index < -0.39 is 24.7 Å². The van der Waals surface area contributed by atoms with Gasteiger partial charge in [-0.1, -0.05) is 6.07 Å². The van der Waals surface area contributed by atoms with Gasteiger partial charge in [-0.2, -0.15) is 18.4 Å². The summed E-state index contributed by atoms with van der Waals surface area (Å²) >= 11 is 0. The molecule has 1 aromatic carbocycles. The third kappa shape index (κ3) is 6.24. The van der Waals surface area contributed by atoms with Crippen LogP contribution in [0.5, 0.6) is 0 Å². The summed E-state index contributed by atoms with van der Waals surface area (Å²) in [5, 5.41) is 29.3. The van der Waals surface area contributed by atoms with E-state index >= 15 is 0 Å². The Bertz CT molecular complexity index is 941. The first-order chi connectivity index (χ1) is 14.1. The number of carbonyl (C=O) groups excluding carboxylic acids is 1. The second-order valence-electron chi connectivity index (χ2n) is 6.07. The number of benzene rings is 1. The number of nitriles is 1. The van der Waals surface area contributed by atoms with Crippen LogP contribution in [0.1, 0.15) is 22.7 Å². The Labute approximate surface area is 166 Å². The minimum Gasteiger partial charge on any atom is -0.475 e. The van der Waals surface area contributed by atoms with Gasteiger partial charge >= 0.3 is 23.9 Å². The third-order valence-electron chi connectivity index (χ3n) is 3.84. The maximum Gasteiger partial charge on any atom is 0.490 e. The Balaban J connectivity index is 0.000000396. The first-order valence-electron chi connectivity index (χ1n) is 8.38. The lowest BCUT2D eigenvalue weighted by molar-refractivity contribution is -0.192. The van der Waals surface area contributed by atoms with Crippen molar-refractivity contribution in [3.8, 4) is 17.5 Å². The Kier molecular flexibility index (Phi) is 7.43. The highest BCUT2D eigenvalue weighted by Gasteiger charge is 2.38. The van der Waals surface area contributed by atoms with Crippen LogP contribution in [0, 0.1) is 11.3 Å². The van der Waals surface area contributed by atoms with Gasteiger partial charge in [-0.3, -0.25) is 4.79 Å². The van der Waals surface area contributed by atoms with Crippen LogP contribution in [0.4, 0.5) is 17.6 Å². The zero-order valence-corrected chi connectivity index (χ0v) is 15.1. The quantitative estimate of drug-likeness (QED) is 0.624. The number of alkyl halides is 4. The monoisotopic (exact) mass is 429 g/mol. The van der Waals surface area contributed by atoms with Gasteiger partial charge in [0.15, 0.2) is 0 Å². The molecule has 3 rings (SSSR count). The number of hydrogen-bond acceptors (Lipinski definition) is 7. The molecule has 1 fully saturated rings. The van der Waals surface area contributed by atoms with E-state index in [1.165, 1.54) is 0 Å². The van der Waals surface area contributed by atoms with E-state index in [0.29, 0.717) is 24.1 Å². The number of carbonyl (C=O) groups is 2. The molecule has 1 aliphatic heterocycles. The van der Waals surface area contributed by atoms with Crippen LogP contribution in [0.15, 0.2) is 28.7 Å². The van der Waals surface area contributed by atoms with E-state index in [9.17, 15) is 22.4 Å². The molecule has 3 N–H and O–H groups in total. The van der Waals surface area contributed by atoms with Crippen molar-refractivity contribution in [2.24, 2.45) is 0 Å². The van der Waals surface area contributed by atoms with Gasteiger partial charge in [0.1, 0.15) is 6.67 Å². The molecule has 0 saturated carbocycles. The highest BCUT2D eigenvalue weighted by Crippen LogP contribution is 2.19. The van der Waals surface area contributed by atoms with Crippen LogP contribution in [-0.4, -0.2) is 58.7 Å². The maximum absolute atomic E-state index is 12.5. The molecule has 13 heteroatoms. The molecule has 0 aliphatic carbocycles. The molecule has 2 aromatic rings. The SMILES string of the molecule is N#Cc1cccc(-c2nnc(C(=O)N[C@H]3CN[C@H](CF)C3)o2)c1.O=C(O)C(F)(F)F. The maximum atomic E-state index is 12.5. The van der Waals surface area contributed by atoms with Crippen LogP contribution in [0.2, 0.25) is 0 Å². The molecule has 1 saturated heterocycles. The fraction of sp³-hybridized carbons (Fsp3) is 0.353. The molecule has 1 aliphatic rings. The van der Waals surface area contributed by atoms with Crippen LogP contribution < -0.4 is 10.6 Å². The zero-order valence-electron chi connectivity index (χ0n) is 15.1. The fourth-order valence-corrected chi connectivity index (χ4v) is 2.45. The molecule has 0 radical (unpaired) electrons. The summed E-state index contributed by atoms with van der Waals surface area (Å²) in [4.78, 5) is 21.0. The molecule has 1 amide bonds. The number of halogens is 4. The third-order valence-corrected chi connectivity index (χ3v) is 3.84. The molecule has 0 unspecified atom stereocenters. The first kappa shape index (κ1) is 22.8. The Morgan fingerprint density at radius 1 is 1.37 bits per heavy atom. The zero-order chi connectivity index (χ0) is 22.3. The lowest BCUT2D eigenvalue weighted by Crippen LogP contribution is -2.36. The van der Waals surface area contributed by atoms with Gasteiger partial charge in [-0.25, -0.2) is 9.18 Å². The summed E-state index contributed by atoms with van der Waals surface area (Å²) in [6.07, 6.45) is -4.56. The van der Waals surface area contributed by atoms with E-state index in [1.54, 1.807) is 24.3 Å². The first-order valence-corrected chi connectivity index (χ1v) is 8.38. The number of hydrogen-bond donors (Lipinski definition) is 3. The van der Waals surface area contributed by atoms with Crippen molar-refractivity contribution in [3.63, 3.8) is 0 Å². The van der Waals surface area contributed by atoms with Gasteiger partial charge < -0.3 is 20.2 Å². The number of carboxylic acids is 1. The van der Waals surface area contributed by atoms with Gasteiger partial charge in [-0.15, -0.1) is 10.2 Å². The Morgan fingerprint density at radius 2 is 2.07 bits per heavy atom. The van der Waals surface area contributed by atoms with Gasteiger partial charge in [-0.05, 0) is 24.6 Å². The molecule has 2 atom stereocenters. The number of aliphatic carboxylic acids is 1. The molecule has 160 valence electrons. The van der Waals surface area contributed by atoms with E-state index in [4.69, 9.17) is 19.6 Å². The minimum atomic E-state index is -5.08. The van der Waals surface area contributed by atoms with E-state index in [1.807, 2.05) is 6.07 Å². The predicted octanol–water partition coefficient (Wildman–Crippen LogP) is 1.67. The van der Waals surface area contributed by atoms with Crippen LogP contribution in [-0.2, 0) is 4.79 Å². The van der Waals surface area contributed by atoms with Crippen LogP contribution in [0.25, 0.3) is 11.5 Å². The number of aromatic nitrogens is 2. The molecule has 0 spiro atoms. The summed E-state index contributed by atoms with van der Waals surface area (Å²) in [6.45, 7) is 0.0395. The van der Waals surface area contributed by atoms with E-state index in [2.05, 4.69) is 20.8 Å².